The molecule has 110 valence electrons. The Labute approximate surface area is 121 Å². The van der Waals surface area contributed by atoms with Crippen LogP contribution >= 0.6 is 0 Å². The molecule has 0 amide bonds. The fraction of sp³-hybridized carbons (Fsp3) is 0.562. The Bertz CT molecular complexity index is 454. The van der Waals surface area contributed by atoms with Crippen molar-refractivity contribution in [3.8, 4) is 0 Å². The van der Waals surface area contributed by atoms with E-state index in [4.69, 9.17) is 4.74 Å². The van der Waals surface area contributed by atoms with Gasteiger partial charge in [-0.2, -0.15) is 0 Å². The van der Waals surface area contributed by atoms with E-state index < -0.39 is 0 Å². The molecule has 20 heavy (non-hydrogen) atoms. The lowest BCUT2D eigenvalue weighted by molar-refractivity contribution is -0.384. The monoisotopic (exact) mass is 277 g/mol. The third kappa shape index (κ3) is 4.53. The second kappa shape index (κ2) is 7.29. The van der Waals surface area contributed by atoms with Crippen LogP contribution in [0.2, 0.25) is 0 Å². The van der Waals surface area contributed by atoms with Crippen LogP contribution in [0.25, 0.3) is 0 Å². The van der Waals surface area contributed by atoms with Crippen LogP contribution in [0.1, 0.15) is 31.7 Å². The topological polar surface area (TPSA) is 46.7 Å². The van der Waals surface area contributed by atoms with Gasteiger partial charge in [0.25, 0.3) is 0 Å². The van der Waals surface area contributed by atoms with Crippen LogP contribution in [-0.4, -0.2) is 41.8 Å². The van der Waals surface area contributed by atoms with E-state index in [1.54, 1.807) is 0 Å². The number of nitrogens with one attached hydrogen (secondary N) is 1. The van der Waals surface area contributed by atoms with E-state index in [1.165, 1.54) is 19.3 Å². The molecule has 0 spiro atoms. The molecule has 1 aromatic rings. The number of aliphatic hydroxyl groups excluding tert-OH is 1. The van der Waals surface area contributed by atoms with Gasteiger partial charge in [-0.15, -0.1) is 4.99 Å². The predicted octanol–water partition coefficient (Wildman–Crippen LogP) is 1.51. The summed E-state index contributed by atoms with van der Waals surface area (Å²) in [5, 5.41) is 9.89. The maximum absolute atomic E-state index is 9.89. The summed E-state index contributed by atoms with van der Waals surface area (Å²) < 4.78 is 5.53. The molecule has 0 aliphatic carbocycles. The summed E-state index contributed by atoms with van der Waals surface area (Å²) in [7, 11) is 0. The van der Waals surface area contributed by atoms with Crippen LogP contribution in [0.3, 0.4) is 0 Å². The van der Waals surface area contributed by atoms with E-state index >= 15 is 0 Å². The second-order valence-electron chi connectivity index (χ2n) is 5.53. The van der Waals surface area contributed by atoms with Crippen LogP contribution in [0.4, 0.5) is 5.69 Å². The number of rotatable bonds is 4. The number of ether oxygens (including phenoxy) is 1. The second-order valence-corrected chi connectivity index (χ2v) is 5.53. The van der Waals surface area contributed by atoms with Crippen molar-refractivity contribution >= 4 is 11.8 Å². The highest BCUT2D eigenvalue weighted by Gasteiger charge is 2.17. The summed E-state index contributed by atoms with van der Waals surface area (Å²) >= 11 is 0. The number of benzene rings is 1. The summed E-state index contributed by atoms with van der Waals surface area (Å²) in [6.45, 7) is 7.12. The minimum atomic E-state index is -0.121. The third-order valence-corrected chi connectivity index (χ3v) is 3.66. The third-order valence-electron chi connectivity index (χ3n) is 3.66. The lowest BCUT2D eigenvalue weighted by atomic mass is 10.1. The van der Waals surface area contributed by atoms with Crippen molar-refractivity contribution in [3.05, 3.63) is 29.8 Å². The average Bonchev–Trinajstić information content (AvgIpc) is 2.42. The molecule has 1 saturated heterocycles. The maximum Gasteiger partial charge on any atom is 0.551 e. The normalized spacial score (nSPS) is 18.8. The first kappa shape index (κ1) is 14.9. The zero-order chi connectivity index (χ0) is 14.4. The van der Waals surface area contributed by atoms with Crippen LogP contribution in [0, 0.1) is 6.92 Å². The lowest BCUT2D eigenvalue weighted by Crippen LogP contribution is -2.68. The first-order chi connectivity index (χ1) is 9.65. The zero-order valence-electron chi connectivity index (χ0n) is 12.4. The molecule has 1 heterocycles. The summed E-state index contributed by atoms with van der Waals surface area (Å²) in [6.07, 6.45) is 3.72. The van der Waals surface area contributed by atoms with Gasteiger partial charge in [0.1, 0.15) is 6.10 Å². The molecule has 0 unspecified atom stereocenters. The standard InChI is InChI=1S/C16H24N2O2/c1-13-8-4-5-9-15(13)17-16(19)20-14(2)12-18-10-6-3-7-11-18/h4-5,8-9,14H,3,6-7,10-12H2,1-2H3,(H,17,19)/p+1/t14-/m0/s1. The molecule has 1 atom stereocenters. The molecule has 0 bridgehead atoms. The van der Waals surface area contributed by atoms with Crippen LogP contribution in [0.15, 0.2) is 24.3 Å². The lowest BCUT2D eigenvalue weighted by Gasteiger charge is -2.28. The van der Waals surface area contributed by atoms with E-state index in [0.717, 1.165) is 30.9 Å². The molecule has 0 aromatic heterocycles. The number of aryl methyl sites for hydroxylation is 1. The predicted molar refractivity (Wildman–Crippen MR) is 80.3 cm³/mol. The number of aliphatic hydroxyl groups is 1. The number of hydrogen-bond acceptors (Lipinski definition) is 2. The van der Waals surface area contributed by atoms with Gasteiger partial charge < -0.3 is 9.84 Å². The zero-order valence-corrected chi connectivity index (χ0v) is 12.4. The van der Waals surface area contributed by atoms with Gasteiger partial charge in [-0.25, -0.2) is 0 Å². The highest BCUT2D eigenvalue weighted by molar-refractivity contribution is 5.59. The Morgan fingerprint density at radius 2 is 2.00 bits per heavy atom. The van der Waals surface area contributed by atoms with Gasteiger partial charge in [-0.05, 0) is 39.8 Å². The highest BCUT2D eigenvalue weighted by atomic mass is 16.6. The Hall–Kier alpha value is -1.55. The van der Waals surface area contributed by atoms with E-state index in [1.807, 2.05) is 38.1 Å². The first-order valence-corrected chi connectivity index (χ1v) is 7.43. The molecule has 2 N–H and O–H groups in total. The van der Waals surface area contributed by atoms with Gasteiger partial charge in [0.15, 0.2) is 0 Å². The minimum absolute atomic E-state index is 0.0235. The Balaban J connectivity index is 1.86. The van der Waals surface area contributed by atoms with Crippen molar-refractivity contribution in [1.82, 2.24) is 4.90 Å². The van der Waals surface area contributed by atoms with Gasteiger partial charge >= 0.3 is 6.08 Å². The molecule has 0 radical (unpaired) electrons. The van der Waals surface area contributed by atoms with Crippen molar-refractivity contribution in [3.63, 3.8) is 0 Å². The smallest absolute Gasteiger partial charge is 0.430 e. The van der Waals surface area contributed by atoms with Crippen LogP contribution < -0.4 is 4.99 Å². The molecule has 2 rings (SSSR count). The Morgan fingerprint density at radius 1 is 1.30 bits per heavy atom. The largest absolute Gasteiger partial charge is 0.551 e. The maximum atomic E-state index is 9.89. The highest BCUT2D eigenvalue weighted by Crippen LogP contribution is 2.09. The number of para-hydroxylation sites is 1. The fourth-order valence-corrected chi connectivity index (χ4v) is 2.59. The van der Waals surface area contributed by atoms with Gasteiger partial charge in [0, 0.05) is 18.2 Å². The number of hydrogen-bond donors (Lipinski definition) is 2. The first-order valence-electron chi connectivity index (χ1n) is 7.43. The molecule has 4 nitrogen and oxygen atoms in total. The number of likely N-dealkylation sites (tertiary alicyclic amines) is 1. The summed E-state index contributed by atoms with van der Waals surface area (Å²) in [6, 6.07) is 7.81. The van der Waals surface area contributed by atoms with Crippen molar-refractivity contribution < 1.29 is 14.8 Å². The van der Waals surface area contributed by atoms with Gasteiger partial charge in [-0.1, -0.05) is 24.6 Å². The van der Waals surface area contributed by atoms with Crippen LogP contribution in [0.5, 0.6) is 0 Å². The van der Waals surface area contributed by atoms with E-state index in [0.29, 0.717) is 0 Å². The number of nitrogens with zero attached hydrogens (tertiary/aromatic N) is 1. The van der Waals surface area contributed by atoms with Gasteiger partial charge in [-0.3, -0.25) is 4.90 Å². The Morgan fingerprint density at radius 3 is 2.70 bits per heavy atom. The quantitative estimate of drug-likeness (QED) is 0.648. The minimum Gasteiger partial charge on any atom is -0.430 e. The molecular formula is C16H25N2O2+. The SMILES string of the molecule is Cc1ccccc1[NH+]=C(O)O[C@@H](C)CN1CCCCC1. The Kier molecular flexibility index (Phi) is 5.41. The molecule has 1 aromatic carbocycles. The van der Waals surface area contributed by atoms with Crippen molar-refractivity contribution in [2.45, 2.75) is 39.2 Å². The molecular weight excluding hydrogens is 252 g/mol. The van der Waals surface area contributed by atoms with Crippen LogP contribution in [-0.2, 0) is 4.74 Å². The summed E-state index contributed by atoms with van der Waals surface area (Å²) in [5.41, 5.74) is 1.95. The van der Waals surface area contributed by atoms with Crippen molar-refractivity contribution in [1.29, 1.82) is 0 Å². The van der Waals surface area contributed by atoms with Gasteiger partial charge in [0.2, 0.25) is 5.69 Å². The summed E-state index contributed by atoms with van der Waals surface area (Å²) in [4.78, 5) is 5.31. The molecule has 1 aliphatic rings. The van der Waals surface area contributed by atoms with E-state index in [-0.39, 0.29) is 12.2 Å². The number of piperidine rings is 1. The molecule has 0 saturated carbocycles. The summed E-state index contributed by atoms with van der Waals surface area (Å²) in [5.74, 6) is 0. The van der Waals surface area contributed by atoms with E-state index in [9.17, 15) is 5.11 Å². The molecule has 1 fully saturated rings. The van der Waals surface area contributed by atoms with Gasteiger partial charge in [0.05, 0.1) is 0 Å². The average molecular weight is 277 g/mol. The van der Waals surface area contributed by atoms with E-state index in [2.05, 4.69) is 9.89 Å². The molecule has 4 heteroatoms. The van der Waals surface area contributed by atoms with Crippen molar-refractivity contribution in [2.24, 2.45) is 0 Å². The fourth-order valence-electron chi connectivity index (χ4n) is 2.59. The molecule has 1 aliphatic heterocycles. The van der Waals surface area contributed by atoms with Crippen molar-refractivity contribution in [2.75, 3.05) is 19.6 Å².